The van der Waals surface area contributed by atoms with Crippen molar-refractivity contribution in [2.45, 2.75) is 25.9 Å². The van der Waals surface area contributed by atoms with Gasteiger partial charge in [-0.3, -0.25) is 0 Å². The molecule has 0 heterocycles. The number of benzene rings is 4. The van der Waals surface area contributed by atoms with Gasteiger partial charge in [-0.05, 0) is 41.3 Å². The molecule has 1 nitrogen and oxygen atoms in total. The smallest absolute Gasteiger partial charge is 0.426 e. The zero-order valence-electron chi connectivity index (χ0n) is 19.2. The molecule has 0 N–H and O–H groups in total. The van der Waals surface area contributed by atoms with Crippen LogP contribution in [0.3, 0.4) is 0 Å². The number of aryl methyl sites for hydroxylation is 1. The predicted octanol–water partition coefficient (Wildman–Crippen LogP) is 8.94. The van der Waals surface area contributed by atoms with Gasteiger partial charge in [0.1, 0.15) is 11.6 Å². The van der Waals surface area contributed by atoms with Gasteiger partial charge in [0.05, 0.1) is 5.56 Å². The van der Waals surface area contributed by atoms with Crippen molar-refractivity contribution in [2.75, 3.05) is 0 Å². The van der Waals surface area contributed by atoms with Crippen LogP contribution in [-0.4, -0.2) is 0 Å². The summed E-state index contributed by atoms with van der Waals surface area (Å²) < 4.78 is 117. The van der Waals surface area contributed by atoms with E-state index in [1.54, 1.807) is 0 Å². The van der Waals surface area contributed by atoms with Crippen LogP contribution in [-0.2, 0) is 12.5 Å². The summed E-state index contributed by atoms with van der Waals surface area (Å²) in [5.74, 6) is -9.03. The Kier molecular flexibility index (Phi) is 7.25. The normalized spacial score (nSPS) is 11.6. The topological polar surface area (TPSA) is 9.23 Å². The summed E-state index contributed by atoms with van der Waals surface area (Å²) in [7, 11) is 0. The van der Waals surface area contributed by atoms with Crippen LogP contribution in [0.25, 0.3) is 22.3 Å². The Morgan fingerprint density at radius 3 is 1.81 bits per heavy atom. The van der Waals surface area contributed by atoms with Gasteiger partial charge in [-0.15, -0.1) is 0 Å². The molecule has 0 aliphatic rings. The fourth-order valence-corrected chi connectivity index (χ4v) is 3.83. The monoisotopic (exact) mass is 522 g/mol. The minimum Gasteiger partial charge on any atom is -0.429 e. The van der Waals surface area contributed by atoms with Gasteiger partial charge >= 0.3 is 6.11 Å². The summed E-state index contributed by atoms with van der Waals surface area (Å²) in [6.07, 6.45) is -3.07. The van der Waals surface area contributed by atoms with Crippen molar-refractivity contribution in [2.24, 2.45) is 0 Å². The first-order chi connectivity index (χ1) is 17.5. The molecule has 0 spiro atoms. The minimum atomic E-state index is -4.05. The van der Waals surface area contributed by atoms with Crippen LogP contribution >= 0.6 is 0 Å². The van der Waals surface area contributed by atoms with E-state index in [0.29, 0.717) is 12.8 Å². The standard InChI is InChI=1S/C28H18F8O/c1-2-3-16-6-11-21(26(33)25(16)32)17-7-10-20(22(29)12-17)15-4-8-18(9-5-15)28(35,36)37-19-13-23(30)27(34)24(31)14-19/h4-14H,2-3H2,1H3. The summed E-state index contributed by atoms with van der Waals surface area (Å²) >= 11 is 0. The average Bonchev–Trinajstić information content (AvgIpc) is 2.85. The third-order valence-corrected chi connectivity index (χ3v) is 5.70. The SMILES string of the molecule is CCCc1ccc(-c2ccc(-c3ccc(C(F)(F)Oc4cc(F)c(F)c(F)c4)cc3)c(F)c2)c(F)c1F. The second kappa shape index (κ2) is 10.2. The number of halogens is 8. The zero-order valence-corrected chi connectivity index (χ0v) is 19.2. The quantitative estimate of drug-likeness (QED) is 0.174. The molecule has 4 rings (SSSR count). The highest BCUT2D eigenvalue weighted by molar-refractivity contribution is 5.71. The van der Waals surface area contributed by atoms with E-state index in [9.17, 15) is 35.1 Å². The lowest BCUT2D eigenvalue weighted by atomic mass is 9.97. The Labute approximate surface area is 207 Å². The summed E-state index contributed by atoms with van der Waals surface area (Å²) in [4.78, 5) is 0. The Bertz CT molecular complexity index is 1420. The first-order valence-electron chi connectivity index (χ1n) is 11.1. The summed E-state index contributed by atoms with van der Waals surface area (Å²) in [6.45, 7) is 1.83. The molecule has 0 bridgehead atoms. The van der Waals surface area contributed by atoms with E-state index in [1.165, 1.54) is 24.3 Å². The molecule has 37 heavy (non-hydrogen) atoms. The van der Waals surface area contributed by atoms with E-state index >= 15 is 0 Å². The third kappa shape index (κ3) is 5.30. The molecule has 4 aromatic rings. The van der Waals surface area contributed by atoms with Gasteiger partial charge in [0.15, 0.2) is 29.1 Å². The lowest BCUT2D eigenvalue weighted by molar-refractivity contribution is -0.185. The van der Waals surface area contributed by atoms with Crippen LogP contribution in [0.1, 0.15) is 24.5 Å². The molecule has 0 amide bonds. The molecule has 0 aliphatic carbocycles. The molecule has 0 fully saturated rings. The van der Waals surface area contributed by atoms with Crippen LogP contribution in [0.5, 0.6) is 5.75 Å². The molecule has 9 heteroatoms. The Morgan fingerprint density at radius 2 is 1.22 bits per heavy atom. The largest absolute Gasteiger partial charge is 0.429 e. The second-order valence-corrected chi connectivity index (χ2v) is 8.24. The number of rotatable bonds is 7. The van der Waals surface area contributed by atoms with Crippen molar-refractivity contribution in [3.05, 3.63) is 113 Å². The van der Waals surface area contributed by atoms with E-state index in [1.807, 2.05) is 6.92 Å². The first-order valence-corrected chi connectivity index (χ1v) is 11.1. The fourth-order valence-electron chi connectivity index (χ4n) is 3.83. The summed E-state index contributed by atoms with van der Waals surface area (Å²) in [6, 6.07) is 11.2. The molecule has 0 unspecified atom stereocenters. The number of hydrogen-bond acceptors (Lipinski definition) is 1. The van der Waals surface area contributed by atoms with E-state index in [2.05, 4.69) is 4.74 Å². The molecular formula is C28H18F8O. The molecule has 0 atom stereocenters. The lowest BCUT2D eigenvalue weighted by Crippen LogP contribution is -2.22. The van der Waals surface area contributed by atoms with Crippen molar-refractivity contribution < 1.29 is 39.9 Å². The number of ether oxygens (including phenoxy) is 1. The van der Waals surface area contributed by atoms with Crippen LogP contribution in [0.4, 0.5) is 35.1 Å². The van der Waals surface area contributed by atoms with Gasteiger partial charge in [-0.25, -0.2) is 26.3 Å². The molecule has 0 aliphatic heterocycles. The zero-order chi connectivity index (χ0) is 26.9. The minimum absolute atomic E-state index is 0.00527. The third-order valence-electron chi connectivity index (χ3n) is 5.70. The van der Waals surface area contributed by atoms with Crippen molar-refractivity contribution in [1.82, 2.24) is 0 Å². The highest BCUT2D eigenvalue weighted by Crippen LogP contribution is 2.35. The van der Waals surface area contributed by atoms with Crippen LogP contribution in [0.15, 0.2) is 66.7 Å². The predicted molar refractivity (Wildman–Crippen MR) is 122 cm³/mol. The molecule has 192 valence electrons. The Hall–Kier alpha value is -3.88. The Morgan fingerprint density at radius 1 is 0.622 bits per heavy atom. The van der Waals surface area contributed by atoms with Crippen LogP contribution < -0.4 is 4.74 Å². The second-order valence-electron chi connectivity index (χ2n) is 8.24. The van der Waals surface area contributed by atoms with Gasteiger partial charge < -0.3 is 4.74 Å². The fraction of sp³-hybridized carbons (Fsp3) is 0.143. The number of alkyl halides is 2. The summed E-state index contributed by atoms with van der Waals surface area (Å²) in [5, 5.41) is 0. The molecule has 4 aromatic carbocycles. The van der Waals surface area contributed by atoms with Crippen LogP contribution in [0.2, 0.25) is 0 Å². The maximum Gasteiger partial charge on any atom is 0.426 e. The van der Waals surface area contributed by atoms with Gasteiger partial charge in [0.2, 0.25) is 0 Å². The molecule has 0 radical (unpaired) electrons. The van der Waals surface area contributed by atoms with E-state index in [-0.39, 0.29) is 39.9 Å². The maximum atomic E-state index is 14.9. The van der Waals surface area contributed by atoms with Gasteiger partial charge in [0, 0.05) is 23.3 Å². The highest BCUT2D eigenvalue weighted by atomic mass is 19.3. The van der Waals surface area contributed by atoms with E-state index in [0.717, 1.165) is 30.3 Å². The molecule has 0 saturated carbocycles. The van der Waals surface area contributed by atoms with E-state index < -0.39 is 52.3 Å². The highest BCUT2D eigenvalue weighted by Gasteiger charge is 2.35. The van der Waals surface area contributed by atoms with E-state index in [4.69, 9.17) is 0 Å². The van der Waals surface area contributed by atoms with Crippen LogP contribution in [0, 0.1) is 34.9 Å². The molecular weight excluding hydrogens is 504 g/mol. The van der Waals surface area contributed by atoms with Crippen molar-refractivity contribution in [1.29, 1.82) is 0 Å². The van der Waals surface area contributed by atoms with Gasteiger partial charge in [0.25, 0.3) is 0 Å². The lowest BCUT2D eigenvalue weighted by Gasteiger charge is -2.19. The van der Waals surface area contributed by atoms with Crippen molar-refractivity contribution in [3.8, 4) is 28.0 Å². The molecule has 0 saturated heterocycles. The maximum absolute atomic E-state index is 14.9. The number of hydrogen-bond donors (Lipinski definition) is 0. The van der Waals surface area contributed by atoms with Gasteiger partial charge in [-0.1, -0.05) is 49.7 Å². The molecule has 0 aromatic heterocycles. The average molecular weight is 522 g/mol. The summed E-state index contributed by atoms with van der Waals surface area (Å²) in [5.41, 5.74) is -0.336. The van der Waals surface area contributed by atoms with Crippen molar-refractivity contribution in [3.63, 3.8) is 0 Å². The Balaban J connectivity index is 1.58. The first kappa shape index (κ1) is 26.2. The van der Waals surface area contributed by atoms with Crippen molar-refractivity contribution >= 4 is 0 Å². The van der Waals surface area contributed by atoms with Gasteiger partial charge in [-0.2, -0.15) is 8.78 Å².